The fourth-order valence-electron chi connectivity index (χ4n) is 5.64. The number of rotatable bonds is 4. The van der Waals surface area contributed by atoms with Crippen LogP contribution in [-0.4, -0.2) is 34.6 Å². The van der Waals surface area contributed by atoms with Gasteiger partial charge < -0.3 is 14.2 Å². The van der Waals surface area contributed by atoms with Gasteiger partial charge in [-0.05, 0) is 43.0 Å². The number of aryl methyl sites for hydroxylation is 2. The van der Waals surface area contributed by atoms with Crippen LogP contribution < -0.4 is 0 Å². The normalized spacial score (nSPS) is 20.1. The van der Waals surface area contributed by atoms with Crippen molar-refractivity contribution in [2.45, 2.75) is 31.9 Å². The molecular formula is C29H28N2O2. The second-order valence-corrected chi connectivity index (χ2v) is 9.29. The Morgan fingerprint density at radius 3 is 2.52 bits per heavy atom. The molecule has 1 aromatic heterocycles. The maximum Gasteiger partial charge on any atom is 0.255 e. The standard InChI is InChI=1S/C29H28N2O2/c1-19-13-15-20(16-14-19)27-26(24-11-5-6-12-25(24)30(27)2)28-22-9-3-4-10-23(22)29(32)31(28)18-21-8-7-17-33-21/h3-6,9-16,21,28H,7-8,17-18H2,1-2H3/t21-,28-/m0/s1. The minimum Gasteiger partial charge on any atom is -0.376 e. The Hall–Kier alpha value is -3.37. The van der Waals surface area contributed by atoms with Gasteiger partial charge in [-0.1, -0.05) is 66.2 Å². The predicted molar refractivity (Wildman–Crippen MR) is 131 cm³/mol. The van der Waals surface area contributed by atoms with Crippen molar-refractivity contribution in [3.05, 3.63) is 95.1 Å². The van der Waals surface area contributed by atoms with Gasteiger partial charge in [-0.3, -0.25) is 4.79 Å². The molecule has 0 N–H and O–H groups in total. The Balaban J connectivity index is 1.61. The first-order chi connectivity index (χ1) is 16.1. The van der Waals surface area contributed by atoms with E-state index in [-0.39, 0.29) is 18.1 Å². The van der Waals surface area contributed by atoms with E-state index in [1.165, 1.54) is 33.3 Å². The van der Waals surface area contributed by atoms with Crippen LogP contribution in [0, 0.1) is 6.92 Å². The van der Waals surface area contributed by atoms with E-state index >= 15 is 0 Å². The molecule has 4 aromatic rings. The molecule has 2 aliphatic rings. The molecule has 1 amide bonds. The number of benzene rings is 3. The van der Waals surface area contributed by atoms with E-state index in [9.17, 15) is 4.79 Å². The average Bonchev–Trinajstić information content (AvgIpc) is 3.52. The van der Waals surface area contributed by atoms with Gasteiger partial charge in [-0.25, -0.2) is 0 Å². The van der Waals surface area contributed by atoms with Crippen LogP contribution in [0.1, 0.15) is 45.9 Å². The summed E-state index contributed by atoms with van der Waals surface area (Å²) in [5, 5.41) is 1.20. The number of aromatic nitrogens is 1. The highest BCUT2D eigenvalue weighted by molar-refractivity contribution is 6.02. The van der Waals surface area contributed by atoms with Crippen molar-refractivity contribution in [3.63, 3.8) is 0 Å². The number of carbonyl (C=O) groups is 1. The zero-order valence-electron chi connectivity index (χ0n) is 19.1. The zero-order valence-corrected chi connectivity index (χ0v) is 19.1. The Kier molecular flexibility index (Phi) is 4.84. The largest absolute Gasteiger partial charge is 0.376 e. The van der Waals surface area contributed by atoms with Crippen LogP contribution in [-0.2, 0) is 11.8 Å². The molecule has 4 nitrogen and oxygen atoms in total. The van der Waals surface area contributed by atoms with Gasteiger partial charge in [0.1, 0.15) is 0 Å². The van der Waals surface area contributed by atoms with Crippen molar-refractivity contribution in [3.8, 4) is 11.3 Å². The Morgan fingerprint density at radius 2 is 1.73 bits per heavy atom. The van der Waals surface area contributed by atoms with Crippen molar-refractivity contribution in [2.75, 3.05) is 13.2 Å². The summed E-state index contributed by atoms with van der Waals surface area (Å²) < 4.78 is 8.25. The molecular weight excluding hydrogens is 408 g/mol. The number of hydrogen-bond acceptors (Lipinski definition) is 2. The summed E-state index contributed by atoms with van der Waals surface area (Å²) in [6.07, 6.45) is 2.17. The van der Waals surface area contributed by atoms with E-state index in [4.69, 9.17) is 4.74 Å². The molecule has 2 aliphatic heterocycles. The van der Waals surface area contributed by atoms with Gasteiger partial charge in [0, 0.05) is 42.2 Å². The third-order valence-corrected chi connectivity index (χ3v) is 7.23. The molecule has 166 valence electrons. The molecule has 6 rings (SSSR count). The fraction of sp³-hybridized carbons (Fsp3) is 0.276. The molecule has 0 aliphatic carbocycles. The van der Waals surface area contributed by atoms with Gasteiger partial charge in [-0.15, -0.1) is 0 Å². The Morgan fingerprint density at radius 1 is 0.970 bits per heavy atom. The van der Waals surface area contributed by atoms with Crippen LogP contribution in [0.3, 0.4) is 0 Å². The molecule has 3 aromatic carbocycles. The molecule has 0 bridgehead atoms. The molecule has 33 heavy (non-hydrogen) atoms. The minimum atomic E-state index is -0.139. The molecule has 1 fully saturated rings. The molecule has 3 heterocycles. The van der Waals surface area contributed by atoms with E-state index in [0.29, 0.717) is 6.54 Å². The second-order valence-electron chi connectivity index (χ2n) is 9.29. The van der Waals surface area contributed by atoms with Gasteiger partial charge in [0.25, 0.3) is 5.91 Å². The van der Waals surface area contributed by atoms with Crippen LogP contribution in [0.15, 0.2) is 72.8 Å². The molecule has 0 saturated carbocycles. The number of fused-ring (bicyclic) bond motifs is 2. The van der Waals surface area contributed by atoms with Gasteiger partial charge in [0.05, 0.1) is 17.8 Å². The van der Waals surface area contributed by atoms with E-state index < -0.39 is 0 Å². The van der Waals surface area contributed by atoms with E-state index in [1.54, 1.807) is 0 Å². The van der Waals surface area contributed by atoms with Crippen molar-refractivity contribution >= 4 is 16.8 Å². The summed E-state index contributed by atoms with van der Waals surface area (Å²) >= 11 is 0. The lowest BCUT2D eigenvalue weighted by molar-refractivity contribution is 0.0501. The highest BCUT2D eigenvalue weighted by Gasteiger charge is 2.41. The van der Waals surface area contributed by atoms with Gasteiger partial charge in [-0.2, -0.15) is 0 Å². The third kappa shape index (κ3) is 3.20. The quantitative estimate of drug-likeness (QED) is 0.400. The first-order valence-electron chi connectivity index (χ1n) is 11.8. The van der Waals surface area contributed by atoms with E-state index in [2.05, 4.69) is 78.0 Å². The predicted octanol–water partition coefficient (Wildman–Crippen LogP) is 5.88. The number of amides is 1. The average molecular weight is 437 g/mol. The molecule has 0 radical (unpaired) electrons. The van der Waals surface area contributed by atoms with Crippen molar-refractivity contribution in [2.24, 2.45) is 7.05 Å². The topological polar surface area (TPSA) is 34.5 Å². The van der Waals surface area contributed by atoms with Crippen LogP contribution in [0.25, 0.3) is 22.2 Å². The highest BCUT2D eigenvalue weighted by atomic mass is 16.5. The number of carbonyl (C=O) groups excluding carboxylic acids is 1. The summed E-state index contributed by atoms with van der Waals surface area (Å²) in [5.74, 6) is 0.105. The Labute approximate surface area is 194 Å². The van der Waals surface area contributed by atoms with Crippen molar-refractivity contribution in [1.82, 2.24) is 9.47 Å². The maximum atomic E-state index is 13.7. The lowest BCUT2D eigenvalue weighted by Crippen LogP contribution is -2.36. The van der Waals surface area contributed by atoms with Crippen molar-refractivity contribution < 1.29 is 9.53 Å². The van der Waals surface area contributed by atoms with Crippen LogP contribution in [0.5, 0.6) is 0 Å². The lowest BCUT2D eigenvalue weighted by atomic mass is 9.93. The highest BCUT2D eigenvalue weighted by Crippen LogP contribution is 2.46. The molecule has 0 spiro atoms. The Bertz CT molecular complexity index is 1350. The second kappa shape index (κ2) is 7.89. The van der Waals surface area contributed by atoms with E-state index in [1.807, 2.05) is 18.2 Å². The summed E-state index contributed by atoms with van der Waals surface area (Å²) in [7, 11) is 2.13. The van der Waals surface area contributed by atoms with Crippen LogP contribution >= 0.6 is 0 Å². The summed E-state index contributed by atoms with van der Waals surface area (Å²) in [6, 6.07) is 25.2. The molecule has 0 unspecified atom stereocenters. The van der Waals surface area contributed by atoms with Crippen LogP contribution in [0.2, 0.25) is 0 Å². The number of nitrogens with zero attached hydrogens (tertiary/aromatic N) is 2. The fourth-order valence-corrected chi connectivity index (χ4v) is 5.64. The van der Waals surface area contributed by atoms with Crippen LogP contribution in [0.4, 0.5) is 0 Å². The number of para-hydroxylation sites is 1. The van der Waals surface area contributed by atoms with Crippen molar-refractivity contribution in [1.29, 1.82) is 0 Å². The number of hydrogen-bond donors (Lipinski definition) is 0. The number of ether oxygens (including phenoxy) is 1. The zero-order chi connectivity index (χ0) is 22.5. The summed E-state index contributed by atoms with van der Waals surface area (Å²) in [6.45, 7) is 3.52. The monoisotopic (exact) mass is 436 g/mol. The summed E-state index contributed by atoms with van der Waals surface area (Å²) in [4.78, 5) is 15.7. The van der Waals surface area contributed by atoms with Gasteiger partial charge in [0.15, 0.2) is 0 Å². The van der Waals surface area contributed by atoms with E-state index in [0.717, 1.165) is 30.6 Å². The summed E-state index contributed by atoms with van der Waals surface area (Å²) in [5.41, 5.74) is 7.85. The molecule has 1 saturated heterocycles. The van der Waals surface area contributed by atoms with Gasteiger partial charge >= 0.3 is 0 Å². The molecule has 4 heteroatoms. The maximum absolute atomic E-state index is 13.7. The SMILES string of the molecule is Cc1ccc(-c2c([C@@H]3c4ccccc4C(=O)N3C[C@@H]3CCCO3)c3ccccc3n2C)cc1. The smallest absolute Gasteiger partial charge is 0.255 e. The lowest BCUT2D eigenvalue weighted by Gasteiger charge is -2.29. The first kappa shape index (κ1) is 20.3. The first-order valence-corrected chi connectivity index (χ1v) is 11.8. The molecule has 2 atom stereocenters. The third-order valence-electron chi connectivity index (χ3n) is 7.23. The van der Waals surface area contributed by atoms with Gasteiger partial charge in [0.2, 0.25) is 0 Å². The minimum absolute atomic E-state index is 0.101.